The van der Waals surface area contributed by atoms with Crippen LogP contribution in [0.4, 0.5) is 50.9 Å². The molecule has 0 spiro atoms. The van der Waals surface area contributed by atoms with E-state index in [1.807, 2.05) is 0 Å². The number of nitrogen functional groups attached to an aromatic ring is 1. The molecule has 0 saturated heterocycles. The Kier molecular flexibility index (Phi) is 16.7. The van der Waals surface area contributed by atoms with Crippen LogP contribution in [0.1, 0.15) is 23.6 Å². The Morgan fingerprint density at radius 2 is 1.12 bits per heavy atom. The van der Waals surface area contributed by atoms with Crippen molar-refractivity contribution in [3.05, 3.63) is 97.8 Å². The highest BCUT2D eigenvalue weighted by Gasteiger charge is 2.36. The number of rotatable bonds is 1. The fourth-order valence-corrected chi connectivity index (χ4v) is 4.38. The Morgan fingerprint density at radius 3 is 1.49 bits per heavy atom. The molecule has 0 aromatic heterocycles. The molecule has 0 saturated carbocycles. The number of benzene rings is 3. The molecular formula is C23H15Br3Cl3F9N2O3. The Morgan fingerprint density at radius 1 is 0.744 bits per heavy atom. The number of nitro groups is 1. The van der Waals surface area contributed by atoms with Crippen LogP contribution in [0, 0.1) is 10.1 Å². The third kappa shape index (κ3) is 13.6. The lowest BCUT2D eigenvalue weighted by molar-refractivity contribution is -0.385. The zero-order chi connectivity index (χ0) is 34.1. The number of nitrogens with zero attached hydrogens (tertiary/aromatic N) is 1. The standard InChI is InChI=1S/C7H2BrClF3NO2.C7H4BrClF3N.C7H3BrClF3.C2H6O/c8-5-2-3(13(14)15)1-4(6(5)9)7(10,11)12;8-5-2-3(13)1-4(6(5)9)7(10,11)12;8-5-3-1-2-4(6(5)9)7(10,11)12;1-2-3/h1-2H;1-2H,13H2;1-3H;3H,2H2,1H3. The van der Waals surface area contributed by atoms with Gasteiger partial charge in [-0.25, -0.2) is 0 Å². The molecule has 0 radical (unpaired) electrons. The molecule has 0 heterocycles. The van der Waals surface area contributed by atoms with Gasteiger partial charge in [0.1, 0.15) is 0 Å². The van der Waals surface area contributed by atoms with Crippen LogP contribution >= 0.6 is 82.6 Å². The van der Waals surface area contributed by atoms with Crippen molar-refractivity contribution in [2.75, 3.05) is 12.3 Å². The molecule has 3 N–H and O–H groups in total. The smallest absolute Gasteiger partial charge is 0.399 e. The number of hydrogen-bond acceptors (Lipinski definition) is 4. The molecule has 240 valence electrons. The summed E-state index contributed by atoms with van der Waals surface area (Å²) in [5.74, 6) is 0. The van der Waals surface area contributed by atoms with Crippen LogP contribution in [0.2, 0.25) is 15.1 Å². The first-order chi connectivity index (χ1) is 19.4. The van der Waals surface area contributed by atoms with Crippen molar-refractivity contribution in [1.82, 2.24) is 0 Å². The molecule has 3 aromatic carbocycles. The van der Waals surface area contributed by atoms with E-state index < -0.39 is 50.9 Å². The van der Waals surface area contributed by atoms with Crippen LogP contribution in [0.15, 0.2) is 55.9 Å². The second-order valence-electron chi connectivity index (χ2n) is 7.32. The number of hydrogen-bond donors (Lipinski definition) is 2. The van der Waals surface area contributed by atoms with Crippen molar-refractivity contribution < 1.29 is 49.5 Å². The average Bonchev–Trinajstić information content (AvgIpc) is 2.83. The Hall–Kier alpha value is -1.50. The van der Waals surface area contributed by atoms with Crippen LogP contribution in [-0.2, 0) is 18.5 Å². The van der Waals surface area contributed by atoms with Crippen molar-refractivity contribution in [1.29, 1.82) is 0 Å². The molecule has 0 unspecified atom stereocenters. The lowest BCUT2D eigenvalue weighted by Gasteiger charge is -2.10. The Labute approximate surface area is 277 Å². The number of halogens is 15. The van der Waals surface area contributed by atoms with Crippen LogP contribution in [-0.4, -0.2) is 16.6 Å². The summed E-state index contributed by atoms with van der Waals surface area (Å²) in [4.78, 5) is 9.40. The maximum absolute atomic E-state index is 12.3. The van der Waals surface area contributed by atoms with E-state index in [2.05, 4.69) is 47.8 Å². The van der Waals surface area contributed by atoms with Crippen molar-refractivity contribution in [2.24, 2.45) is 0 Å². The molecule has 0 atom stereocenters. The summed E-state index contributed by atoms with van der Waals surface area (Å²) < 4.78 is 110. The van der Waals surface area contributed by atoms with E-state index in [9.17, 15) is 49.6 Å². The summed E-state index contributed by atoms with van der Waals surface area (Å²) in [6, 6.07) is 7.11. The number of nitrogens with two attached hydrogens (primary N) is 1. The van der Waals surface area contributed by atoms with Gasteiger partial charge in [0.15, 0.2) is 0 Å². The summed E-state index contributed by atoms with van der Waals surface area (Å²) in [5.41, 5.74) is 1.60. The summed E-state index contributed by atoms with van der Waals surface area (Å²) in [6.07, 6.45) is -13.6. The van der Waals surface area contributed by atoms with Gasteiger partial charge >= 0.3 is 18.5 Å². The highest BCUT2D eigenvalue weighted by molar-refractivity contribution is 9.11. The van der Waals surface area contributed by atoms with Gasteiger partial charge in [-0.15, -0.1) is 0 Å². The van der Waals surface area contributed by atoms with Gasteiger partial charge in [0.2, 0.25) is 0 Å². The minimum Gasteiger partial charge on any atom is -0.399 e. The van der Waals surface area contributed by atoms with E-state index in [0.717, 1.165) is 18.2 Å². The number of aliphatic hydroxyl groups excluding tert-OH is 1. The summed E-state index contributed by atoms with van der Waals surface area (Å²) in [5, 5.41) is 16.6. The van der Waals surface area contributed by atoms with Crippen LogP contribution in [0.3, 0.4) is 0 Å². The molecule has 0 aliphatic rings. The fraction of sp³-hybridized carbons (Fsp3) is 0.217. The van der Waals surface area contributed by atoms with Gasteiger partial charge in [-0.1, -0.05) is 40.9 Å². The molecule has 0 aliphatic carbocycles. The van der Waals surface area contributed by atoms with E-state index in [4.69, 9.17) is 45.6 Å². The molecule has 0 aliphatic heterocycles. The van der Waals surface area contributed by atoms with Crippen molar-refractivity contribution in [3.63, 3.8) is 0 Å². The largest absolute Gasteiger partial charge is 0.418 e. The highest BCUT2D eigenvalue weighted by Crippen LogP contribution is 2.41. The molecule has 5 nitrogen and oxygen atoms in total. The quantitative estimate of drug-likeness (QED) is 0.110. The highest BCUT2D eigenvalue weighted by atomic mass is 79.9. The fourth-order valence-electron chi connectivity index (χ4n) is 2.43. The number of aliphatic hydroxyl groups is 1. The zero-order valence-corrected chi connectivity index (χ0v) is 27.7. The number of alkyl halides is 9. The van der Waals surface area contributed by atoms with Crippen molar-refractivity contribution >= 4 is 94.0 Å². The lowest BCUT2D eigenvalue weighted by Crippen LogP contribution is -2.07. The molecule has 0 bridgehead atoms. The minimum absolute atomic E-state index is 0.0172. The van der Waals surface area contributed by atoms with E-state index in [1.54, 1.807) is 6.92 Å². The van der Waals surface area contributed by atoms with Gasteiger partial charge < -0.3 is 10.8 Å². The molecule has 43 heavy (non-hydrogen) atoms. The van der Waals surface area contributed by atoms with Crippen LogP contribution < -0.4 is 5.73 Å². The van der Waals surface area contributed by atoms with Gasteiger partial charge in [-0.3, -0.25) is 10.1 Å². The third-order valence-electron chi connectivity index (χ3n) is 4.14. The predicted molar refractivity (Wildman–Crippen MR) is 156 cm³/mol. The third-order valence-corrected chi connectivity index (χ3v) is 7.96. The first-order valence-electron chi connectivity index (χ1n) is 10.5. The second kappa shape index (κ2) is 17.3. The predicted octanol–water partition coefficient (Wildman–Crippen LogP) is 11.9. The number of non-ortho nitro benzene ring substituents is 1. The summed E-state index contributed by atoms with van der Waals surface area (Å²) >= 11 is 24.7. The monoisotopic (exact) mass is 880 g/mol. The first-order valence-corrected chi connectivity index (χ1v) is 14.1. The number of anilines is 1. The van der Waals surface area contributed by atoms with Crippen LogP contribution in [0.25, 0.3) is 0 Å². The SMILES string of the molecule is CCO.FC(F)(F)c1cccc(Br)c1Cl.Nc1cc(Br)c(Cl)c(C(F)(F)F)c1.O=[N+]([O-])c1cc(Br)c(Cl)c(C(F)(F)F)c1. The maximum Gasteiger partial charge on any atom is 0.418 e. The summed E-state index contributed by atoms with van der Waals surface area (Å²) in [6.45, 7) is 1.93. The zero-order valence-electron chi connectivity index (χ0n) is 20.7. The molecule has 3 aromatic rings. The van der Waals surface area contributed by atoms with Gasteiger partial charge in [-0.05, 0) is 79.0 Å². The molecule has 0 amide bonds. The normalized spacial score (nSPS) is 11.3. The van der Waals surface area contributed by atoms with E-state index >= 15 is 0 Å². The lowest BCUT2D eigenvalue weighted by atomic mass is 10.2. The Balaban J connectivity index is 0.000000591. The topological polar surface area (TPSA) is 89.4 Å². The van der Waals surface area contributed by atoms with Gasteiger partial charge in [0.05, 0.1) is 36.7 Å². The van der Waals surface area contributed by atoms with Gasteiger partial charge in [0.25, 0.3) is 5.69 Å². The van der Waals surface area contributed by atoms with Crippen LogP contribution in [0.5, 0.6) is 0 Å². The summed E-state index contributed by atoms with van der Waals surface area (Å²) in [7, 11) is 0. The molecule has 3 rings (SSSR count). The molecule has 20 heteroatoms. The Bertz CT molecular complexity index is 1410. The van der Waals surface area contributed by atoms with E-state index in [0.29, 0.717) is 6.07 Å². The molecule has 0 fully saturated rings. The van der Waals surface area contributed by atoms with E-state index in [1.165, 1.54) is 18.2 Å². The minimum atomic E-state index is -4.72. The maximum atomic E-state index is 12.3. The molecular weight excluding hydrogens is 869 g/mol. The second-order valence-corrected chi connectivity index (χ2v) is 11.0. The van der Waals surface area contributed by atoms with Crippen molar-refractivity contribution in [3.8, 4) is 0 Å². The van der Waals surface area contributed by atoms with E-state index in [-0.39, 0.29) is 35.8 Å². The van der Waals surface area contributed by atoms with Gasteiger partial charge in [0, 0.05) is 37.8 Å². The van der Waals surface area contributed by atoms with Gasteiger partial charge in [-0.2, -0.15) is 39.5 Å². The van der Waals surface area contributed by atoms with Crippen molar-refractivity contribution in [2.45, 2.75) is 25.5 Å². The first kappa shape index (κ1) is 41.5. The number of nitro benzene ring substituents is 1. The average molecular weight is 884 g/mol.